The predicted octanol–water partition coefficient (Wildman–Crippen LogP) is 4.20. The molecule has 0 saturated carbocycles. The van der Waals surface area contributed by atoms with Crippen LogP contribution in [0.5, 0.6) is 0 Å². The second-order valence-corrected chi connectivity index (χ2v) is 8.56. The van der Waals surface area contributed by atoms with Crippen LogP contribution < -0.4 is 5.32 Å². The van der Waals surface area contributed by atoms with Gasteiger partial charge in [0.25, 0.3) is 0 Å². The molecule has 21 heavy (non-hydrogen) atoms. The third-order valence-electron chi connectivity index (χ3n) is 3.41. The maximum absolute atomic E-state index is 4.17. The summed E-state index contributed by atoms with van der Waals surface area (Å²) in [5.41, 5.74) is 2.89. The van der Waals surface area contributed by atoms with Gasteiger partial charge in [-0.05, 0) is 30.5 Å². The van der Waals surface area contributed by atoms with E-state index in [4.69, 9.17) is 0 Å². The Kier molecular flexibility index (Phi) is 5.41. The van der Waals surface area contributed by atoms with Crippen LogP contribution in [0.2, 0.25) is 0 Å². The molecule has 0 amide bonds. The molecule has 0 spiro atoms. The summed E-state index contributed by atoms with van der Waals surface area (Å²) in [7, 11) is 2.01. The molecule has 0 aliphatic rings. The van der Waals surface area contributed by atoms with Crippen LogP contribution in [-0.4, -0.2) is 23.0 Å². The predicted molar refractivity (Wildman–Crippen MR) is 92.3 cm³/mol. The van der Waals surface area contributed by atoms with E-state index in [0.717, 1.165) is 15.1 Å². The molecule has 0 aliphatic heterocycles. The van der Waals surface area contributed by atoms with Gasteiger partial charge in [-0.3, -0.25) is 0 Å². The fourth-order valence-electron chi connectivity index (χ4n) is 2.05. The Labute approximate surface area is 135 Å². The first-order chi connectivity index (χ1) is 9.90. The highest BCUT2D eigenvalue weighted by molar-refractivity contribution is 8.01. The van der Waals surface area contributed by atoms with E-state index in [1.807, 2.05) is 14.0 Å². The van der Waals surface area contributed by atoms with Crippen LogP contribution >= 0.6 is 23.1 Å². The van der Waals surface area contributed by atoms with Crippen molar-refractivity contribution >= 4 is 23.1 Å². The van der Waals surface area contributed by atoms with E-state index in [2.05, 4.69) is 60.6 Å². The molecular weight excluding hydrogens is 298 g/mol. The molecular formula is C16H23N3S2. The van der Waals surface area contributed by atoms with Gasteiger partial charge in [0.15, 0.2) is 4.34 Å². The molecule has 0 fully saturated rings. The summed E-state index contributed by atoms with van der Waals surface area (Å²) in [5.74, 6) is 0.958. The molecule has 1 aromatic heterocycles. The van der Waals surface area contributed by atoms with E-state index in [-0.39, 0.29) is 5.41 Å². The number of hydrogen-bond acceptors (Lipinski definition) is 5. The highest BCUT2D eigenvalue weighted by atomic mass is 32.2. The van der Waals surface area contributed by atoms with Crippen molar-refractivity contribution in [2.45, 2.75) is 43.5 Å². The van der Waals surface area contributed by atoms with Crippen LogP contribution in [0.3, 0.4) is 0 Å². The zero-order valence-electron chi connectivity index (χ0n) is 13.3. The summed E-state index contributed by atoms with van der Waals surface area (Å²) in [6, 6.07) is 9.26. The Hall–Kier alpha value is -0.910. The van der Waals surface area contributed by atoms with E-state index in [1.54, 1.807) is 23.1 Å². The fraction of sp³-hybridized carbons (Fsp3) is 0.500. The van der Waals surface area contributed by atoms with Gasteiger partial charge in [-0.15, -0.1) is 10.2 Å². The highest BCUT2D eigenvalue weighted by Gasteiger charge is 2.15. The van der Waals surface area contributed by atoms with Gasteiger partial charge < -0.3 is 5.32 Å². The third-order valence-corrected chi connectivity index (χ3v) is 5.47. The summed E-state index contributed by atoms with van der Waals surface area (Å²) in [6.45, 7) is 8.71. The Morgan fingerprint density at radius 1 is 1.19 bits per heavy atom. The maximum Gasteiger partial charge on any atom is 0.174 e. The smallest absolute Gasteiger partial charge is 0.174 e. The summed E-state index contributed by atoms with van der Waals surface area (Å²) in [4.78, 5) is 0. The minimum atomic E-state index is 0.201. The van der Waals surface area contributed by atoms with Gasteiger partial charge in [0.1, 0.15) is 5.01 Å². The van der Waals surface area contributed by atoms with E-state index in [1.165, 1.54) is 11.1 Å². The van der Waals surface area contributed by atoms with Crippen molar-refractivity contribution in [1.82, 2.24) is 15.5 Å². The molecule has 0 radical (unpaired) electrons. The van der Waals surface area contributed by atoms with Crippen molar-refractivity contribution in [3.63, 3.8) is 0 Å². The molecule has 114 valence electrons. The Bertz CT molecular complexity index is 570. The summed E-state index contributed by atoms with van der Waals surface area (Å²) < 4.78 is 1.04. The van der Waals surface area contributed by atoms with Crippen LogP contribution in [0, 0.1) is 6.92 Å². The molecule has 1 N–H and O–H groups in total. The lowest BCUT2D eigenvalue weighted by atomic mass is 9.86. The van der Waals surface area contributed by atoms with Crippen LogP contribution in [0.25, 0.3) is 0 Å². The molecule has 1 unspecified atom stereocenters. The first kappa shape index (κ1) is 16.5. The SMILES string of the molecule is CNC(CSc1nnc(C)s1)c1ccc(C(C)(C)C)cc1. The molecule has 3 nitrogen and oxygen atoms in total. The van der Waals surface area contributed by atoms with E-state index >= 15 is 0 Å². The minimum Gasteiger partial charge on any atom is -0.312 e. The number of thioether (sulfide) groups is 1. The van der Waals surface area contributed by atoms with Crippen molar-refractivity contribution < 1.29 is 0 Å². The Balaban J connectivity index is 2.03. The average molecular weight is 322 g/mol. The number of aromatic nitrogens is 2. The van der Waals surface area contributed by atoms with Gasteiger partial charge in [-0.1, -0.05) is 68.1 Å². The molecule has 1 aromatic carbocycles. The number of nitrogens with zero attached hydrogens (tertiary/aromatic N) is 2. The molecule has 0 saturated heterocycles. The number of aryl methyl sites for hydroxylation is 1. The first-order valence-corrected chi connectivity index (χ1v) is 8.91. The maximum atomic E-state index is 4.17. The van der Waals surface area contributed by atoms with Gasteiger partial charge in [-0.2, -0.15) is 0 Å². The van der Waals surface area contributed by atoms with Gasteiger partial charge in [0.2, 0.25) is 0 Å². The van der Waals surface area contributed by atoms with Crippen LogP contribution in [0.4, 0.5) is 0 Å². The van der Waals surface area contributed by atoms with Crippen LogP contribution in [0.1, 0.15) is 42.9 Å². The Morgan fingerprint density at radius 2 is 1.86 bits per heavy atom. The third kappa shape index (κ3) is 4.53. The first-order valence-electron chi connectivity index (χ1n) is 7.11. The molecule has 2 aromatic rings. The molecule has 0 bridgehead atoms. The molecule has 1 heterocycles. The topological polar surface area (TPSA) is 37.8 Å². The van der Waals surface area contributed by atoms with Crippen molar-refractivity contribution in [2.24, 2.45) is 0 Å². The normalized spacial score (nSPS) is 13.4. The van der Waals surface area contributed by atoms with Crippen molar-refractivity contribution in [3.8, 4) is 0 Å². The lowest BCUT2D eigenvalue weighted by Crippen LogP contribution is -2.19. The molecule has 2 rings (SSSR count). The van der Waals surface area contributed by atoms with Gasteiger partial charge in [0.05, 0.1) is 0 Å². The lowest BCUT2D eigenvalue weighted by Gasteiger charge is -2.21. The van der Waals surface area contributed by atoms with Gasteiger partial charge >= 0.3 is 0 Å². The van der Waals surface area contributed by atoms with Gasteiger partial charge in [-0.25, -0.2) is 0 Å². The van der Waals surface area contributed by atoms with E-state index in [9.17, 15) is 0 Å². The Morgan fingerprint density at radius 3 is 2.33 bits per heavy atom. The second kappa shape index (κ2) is 6.90. The summed E-state index contributed by atoms with van der Waals surface area (Å²) in [5, 5.41) is 12.6. The fourth-order valence-corrected chi connectivity index (χ4v) is 4.04. The van der Waals surface area contributed by atoms with Crippen LogP contribution in [-0.2, 0) is 5.41 Å². The monoisotopic (exact) mass is 321 g/mol. The minimum absolute atomic E-state index is 0.201. The van der Waals surface area contributed by atoms with Crippen LogP contribution in [0.15, 0.2) is 28.6 Å². The summed E-state index contributed by atoms with van der Waals surface area (Å²) in [6.07, 6.45) is 0. The van der Waals surface area contributed by atoms with Gasteiger partial charge in [0, 0.05) is 11.8 Å². The summed E-state index contributed by atoms with van der Waals surface area (Å²) >= 11 is 3.42. The second-order valence-electron chi connectivity index (χ2n) is 6.11. The molecule has 0 aliphatic carbocycles. The van der Waals surface area contributed by atoms with Crippen molar-refractivity contribution in [2.75, 3.05) is 12.8 Å². The molecule has 1 atom stereocenters. The average Bonchev–Trinajstić information content (AvgIpc) is 2.85. The zero-order valence-corrected chi connectivity index (χ0v) is 14.9. The number of nitrogens with one attached hydrogen (secondary N) is 1. The quantitative estimate of drug-likeness (QED) is 0.838. The largest absolute Gasteiger partial charge is 0.312 e. The number of hydrogen-bond donors (Lipinski definition) is 1. The zero-order chi connectivity index (χ0) is 15.5. The number of rotatable bonds is 5. The lowest BCUT2D eigenvalue weighted by molar-refractivity contribution is 0.588. The van der Waals surface area contributed by atoms with Crippen molar-refractivity contribution in [3.05, 3.63) is 40.4 Å². The molecule has 5 heteroatoms. The van der Waals surface area contributed by atoms with E-state index < -0.39 is 0 Å². The number of benzene rings is 1. The standard InChI is InChI=1S/C16H23N3S2/c1-11-18-19-15(21-11)20-10-14(17-5)12-6-8-13(9-7-12)16(2,3)4/h6-9,14,17H,10H2,1-5H3. The highest BCUT2D eigenvalue weighted by Crippen LogP contribution is 2.28. The van der Waals surface area contributed by atoms with E-state index in [0.29, 0.717) is 6.04 Å². The van der Waals surface area contributed by atoms with Crippen molar-refractivity contribution in [1.29, 1.82) is 0 Å².